The number of nitrogens with zero attached hydrogens (tertiary/aromatic N) is 4. The quantitative estimate of drug-likeness (QED) is 0.784. The van der Waals surface area contributed by atoms with Gasteiger partial charge in [0.1, 0.15) is 18.4 Å². The van der Waals surface area contributed by atoms with E-state index in [9.17, 15) is 18.8 Å². The fraction of sp³-hybridized carbons (Fsp3) is 0.333. The Balaban J connectivity index is 1.48. The fourth-order valence-electron chi connectivity index (χ4n) is 3.89. The van der Waals surface area contributed by atoms with E-state index in [1.807, 2.05) is 0 Å². The minimum absolute atomic E-state index is 0.0393. The van der Waals surface area contributed by atoms with Crippen LogP contribution in [0, 0.1) is 5.82 Å². The Bertz CT molecular complexity index is 937. The molecular formula is C21H21FN4O3. The van der Waals surface area contributed by atoms with E-state index in [-0.39, 0.29) is 36.6 Å². The Labute approximate surface area is 167 Å². The maximum Gasteiger partial charge on any atom is 0.255 e. The molecule has 2 aliphatic rings. The molecule has 2 fully saturated rings. The Morgan fingerprint density at radius 3 is 2.76 bits per heavy atom. The first-order chi connectivity index (χ1) is 14.0. The molecule has 2 saturated heterocycles. The van der Waals surface area contributed by atoms with Gasteiger partial charge in [0.25, 0.3) is 5.91 Å². The van der Waals surface area contributed by atoms with Crippen molar-refractivity contribution >= 4 is 17.7 Å². The lowest BCUT2D eigenvalue weighted by Gasteiger charge is -2.39. The minimum Gasteiger partial charge on any atom is -0.337 e. The van der Waals surface area contributed by atoms with Crippen molar-refractivity contribution in [3.8, 4) is 0 Å². The van der Waals surface area contributed by atoms with Crippen LogP contribution in [0.4, 0.5) is 4.39 Å². The van der Waals surface area contributed by atoms with Crippen LogP contribution in [-0.2, 0) is 16.1 Å². The molecular weight excluding hydrogens is 375 g/mol. The van der Waals surface area contributed by atoms with Crippen molar-refractivity contribution in [1.82, 2.24) is 19.7 Å². The highest BCUT2D eigenvalue weighted by atomic mass is 19.1. The number of hydrogen-bond acceptors (Lipinski definition) is 4. The van der Waals surface area contributed by atoms with Gasteiger partial charge in [0.2, 0.25) is 11.8 Å². The standard InChI is InChI=1S/C21H21FN4O3/c22-17-5-1-3-15(11-17)13-25-14-19(27)26-10-9-24(8-6-18(26)21(25)29)20(28)16-4-2-7-23-12-16/h1-5,7,11-12,18H,6,8-10,13-14H2. The van der Waals surface area contributed by atoms with Crippen LogP contribution in [0.3, 0.4) is 0 Å². The summed E-state index contributed by atoms with van der Waals surface area (Å²) >= 11 is 0. The molecule has 7 nitrogen and oxygen atoms in total. The van der Waals surface area contributed by atoms with Crippen molar-refractivity contribution in [2.45, 2.75) is 19.0 Å². The molecule has 0 bridgehead atoms. The molecule has 1 unspecified atom stereocenters. The Morgan fingerprint density at radius 1 is 1.14 bits per heavy atom. The highest BCUT2D eigenvalue weighted by Gasteiger charge is 2.41. The lowest BCUT2D eigenvalue weighted by atomic mass is 10.1. The third-order valence-corrected chi connectivity index (χ3v) is 5.36. The number of carbonyl (C=O) groups is 3. The molecule has 3 heterocycles. The van der Waals surface area contributed by atoms with Crippen molar-refractivity contribution in [2.75, 3.05) is 26.2 Å². The van der Waals surface area contributed by atoms with Gasteiger partial charge in [-0.15, -0.1) is 0 Å². The summed E-state index contributed by atoms with van der Waals surface area (Å²) in [7, 11) is 0. The van der Waals surface area contributed by atoms with E-state index in [0.717, 1.165) is 0 Å². The van der Waals surface area contributed by atoms with Crippen LogP contribution < -0.4 is 0 Å². The Hall–Kier alpha value is -3.29. The number of benzene rings is 1. The number of pyridine rings is 1. The zero-order valence-electron chi connectivity index (χ0n) is 15.8. The van der Waals surface area contributed by atoms with Gasteiger partial charge < -0.3 is 14.7 Å². The van der Waals surface area contributed by atoms with Crippen LogP contribution in [0.25, 0.3) is 0 Å². The van der Waals surface area contributed by atoms with E-state index in [2.05, 4.69) is 4.98 Å². The second kappa shape index (κ2) is 7.98. The molecule has 8 heteroatoms. The van der Waals surface area contributed by atoms with Crippen LogP contribution in [-0.4, -0.2) is 69.6 Å². The SMILES string of the molecule is O=C(c1cccnc1)N1CCC2C(=O)N(Cc3cccc(F)c3)CC(=O)N2CC1. The molecule has 0 spiro atoms. The second-order valence-corrected chi connectivity index (χ2v) is 7.25. The fourth-order valence-corrected chi connectivity index (χ4v) is 3.89. The number of rotatable bonds is 3. The van der Waals surface area contributed by atoms with Crippen LogP contribution in [0.5, 0.6) is 0 Å². The summed E-state index contributed by atoms with van der Waals surface area (Å²) in [6.07, 6.45) is 3.48. The maximum absolute atomic E-state index is 13.5. The zero-order chi connectivity index (χ0) is 20.4. The number of fused-ring (bicyclic) bond motifs is 1. The lowest BCUT2D eigenvalue weighted by molar-refractivity contribution is -0.156. The average Bonchev–Trinajstić information content (AvgIpc) is 2.96. The number of piperazine rings is 1. The lowest BCUT2D eigenvalue weighted by Crippen LogP contribution is -2.59. The molecule has 3 amide bonds. The van der Waals surface area contributed by atoms with E-state index in [0.29, 0.717) is 37.2 Å². The number of hydrogen-bond donors (Lipinski definition) is 0. The highest BCUT2D eigenvalue weighted by Crippen LogP contribution is 2.22. The molecule has 2 aromatic rings. The van der Waals surface area contributed by atoms with E-state index in [1.54, 1.807) is 40.3 Å². The number of amides is 3. The van der Waals surface area contributed by atoms with Crippen LogP contribution >= 0.6 is 0 Å². The van der Waals surface area contributed by atoms with Crippen LogP contribution in [0.1, 0.15) is 22.3 Å². The van der Waals surface area contributed by atoms with Crippen LogP contribution in [0.15, 0.2) is 48.8 Å². The molecule has 0 saturated carbocycles. The minimum atomic E-state index is -0.600. The van der Waals surface area contributed by atoms with Crippen molar-refractivity contribution in [3.05, 3.63) is 65.7 Å². The summed E-state index contributed by atoms with van der Waals surface area (Å²) in [5.74, 6) is -0.848. The smallest absolute Gasteiger partial charge is 0.255 e. The molecule has 1 atom stereocenters. The zero-order valence-corrected chi connectivity index (χ0v) is 15.8. The van der Waals surface area contributed by atoms with Crippen LogP contribution in [0.2, 0.25) is 0 Å². The molecule has 29 heavy (non-hydrogen) atoms. The number of carbonyl (C=O) groups excluding carboxylic acids is 3. The predicted octanol–water partition coefficient (Wildman–Crippen LogP) is 1.31. The summed E-state index contributed by atoms with van der Waals surface area (Å²) in [5, 5.41) is 0. The molecule has 0 aliphatic carbocycles. The molecule has 1 aromatic heterocycles. The molecule has 1 aromatic carbocycles. The maximum atomic E-state index is 13.5. The summed E-state index contributed by atoms with van der Waals surface area (Å²) in [4.78, 5) is 47.1. The Kier molecular flexibility index (Phi) is 5.24. The molecule has 4 rings (SSSR count). The highest BCUT2D eigenvalue weighted by molar-refractivity contribution is 5.96. The third-order valence-electron chi connectivity index (χ3n) is 5.36. The molecule has 150 valence electrons. The van der Waals surface area contributed by atoms with Gasteiger partial charge in [0.05, 0.1) is 5.56 Å². The van der Waals surface area contributed by atoms with Crippen molar-refractivity contribution in [1.29, 1.82) is 0 Å². The van der Waals surface area contributed by atoms with Gasteiger partial charge in [0.15, 0.2) is 0 Å². The first-order valence-electron chi connectivity index (χ1n) is 9.55. The first kappa shape index (κ1) is 19.0. The summed E-state index contributed by atoms with van der Waals surface area (Å²) in [6, 6.07) is 8.82. The van der Waals surface area contributed by atoms with E-state index < -0.39 is 6.04 Å². The van der Waals surface area contributed by atoms with Gasteiger partial charge in [-0.3, -0.25) is 19.4 Å². The summed E-state index contributed by atoms with van der Waals surface area (Å²) in [6.45, 7) is 1.21. The predicted molar refractivity (Wildman–Crippen MR) is 102 cm³/mol. The van der Waals surface area contributed by atoms with Crippen molar-refractivity contribution in [3.63, 3.8) is 0 Å². The molecule has 0 N–H and O–H groups in total. The normalized spacial score (nSPS) is 19.8. The monoisotopic (exact) mass is 396 g/mol. The topological polar surface area (TPSA) is 73.8 Å². The second-order valence-electron chi connectivity index (χ2n) is 7.25. The third kappa shape index (κ3) is 3.96. The van der Waals surface area contributed by atoms with Gasteiger partial charge in [-0.05, 0) is 36.2 Å². The molecule has 0 radical (unpaired) electrons. The van der Waals surface area contributed by atoms with E-state index in [1.165, 1.54) is 23.2 Å². The van der Waals surface area contributed by atoms with E-state index >= 15 is 0 Å². The van der Waals surface area contributed by atoms with Gasteiger partial charge in [0, 0.05) is 38.6 Å². The van der Waals surface area contributed by atoms with Gasteiger partial charge >= 0.3 is 0 Å². The summed E-state index contributed by atoms with van der Waals surface area (Å²) < 4.78 is 13.5. The number of halogens is 1. The number of aromatic nitrogens is 1. The Morgan fingerprint density at radius 2 is 2.00 bits per heavy atom. The van der Waals surface area contributed by atoms with Gasteiger partial charge in [-0.2, -0.15) is 0 Å². The van der Waals surface area contributed by atoms with Crippen molar-refractivity contribution < 1.29 is 18.8 Å². The van der Waals surface area contributed by atoms with E-state index in [4.69, 9.17) is 0 Å². The van der Waals surface area contributed by atoms with Gasteiger partial charge in [-0.1, -0.05) is 12.1 Å². The van der Waals surface area contributed by atoms with Gasteiger partial charge in [-0.25, -0.2) is 4.39 Å². The van der Waals surface area contributed by atoms with Crippen molar-refractivity contribution in [2.24, 2.45) is 0 Å². The largest absolute Gasteiger partial charge is 0.337 e. The average molecular weight is 396 g/mol. The summed E-state index contributed by atoms with van der Waals surface area (Å²) in [5.41, 5.74) is 1.12. The first-order valence-corrected chi connectivity index (χ1v) is 9.55. The molecule has 2 aliphatic heterocycles.